The lowest BCUT2D eigenvalue weighted by molar-refractivity contribution is -0.127. The second-order valence-electron chi connectivity index (χ2n) is 5.67. The van der Waals surface area contributed by atoms with Gasteiger partial charge in [-0.2, -0.15) is 4.98 Å². The lowest BCUT2D eigenvalue weighted by atomic mass is 10.2. The molecule has 3 rings (SSSR count). The third-order valence-electron chi connectivity index (χ3n) is 3.73. The normalized spacial score (nSPS) is 11.7. The highest BCUT2D eigenvalue weighted by Crippen LogP contribution is 2.19. The molecule has 2 aromatic carbocycles. The van der Waals surface area contributed by atoms with E-state index in [-0.39, 0.29) is 12.5 Å². The van der Waals surface area contributed by atoms with Crippen LogP contribution in [0.4, 0.5) is 0 Å². The number of hydrogen-bond acceptors (Lipinski definition) is 6. The van der Waals surface area contributed by atoms with Crippen molar-refractivity contribution in [2.45, 2.75) is 19.6 Å². The molecule has 7 nitrogen and oxygen atoms in total. The minimum absolute atomic E-state index is 0.107. The molecule has 1 atom stereocenters. The predicted molar refractivity (Wildman–Crippen MR) is 99.7 cm³/mol. The number of methoxy groups -OCH3 is 1. The van der Waals surface area contributed by atoms with Crippen molar-refractivity contribution in [2.24, 2.45) is 0 Å². The topological polar surface area (TPSA) is 86.5 Å². The zero-order valence-electron chi connectivity index (χ0n) is 14.8. The third kappa shape index (κ3) is 4.98. The molecule has 0 spiro atoms. The van der Waals surface area contributed by atoms with Crippen LogP contribution in [0.5, 0.6) is 11.5 Å². The monoisotopic (exact) mass is 387 g/mol. The Labute approximate surface area is 161 Å². The molecule has 0 saturated carbocycles. The van der Waals surface area contributed by atoms with Crippen molar-refractivity contribution >= 4 is 17.5 Å². The van der Waals surface area contributed by atoms with Gasteiger partial charge in [-0.25, -0.2) is 0 Å². The Bertz CT molecular complexity index is 894. The highest BCUT2D eigenvalue weighted by molar-refractivity contribution is 6.30. The van der Waals surface area contributed by atoms with Gasteiger partial charge in [0, 0.05) is 10.6 Å². The highest BCUT2D eigenvalue weighted by atomic mass is 35.5. The van der Waals surface area contributed by atoms with Crippen LogP contribution in [0.15, 0.2) is 53.1 Å². The first-order valence-electron chi connectivity index (χ1n) is 8.22. The van der Waals surface area contributed by atoms with Crippen LogP contribution in [-0.4, -0.2) is 29.3 Å². The molecule has 1 N–H and O–H groups in total. The van der Waals surface area contributed by atoms with Gasteiger partial charge in [-0.05, 0) is 55.5 Å². The van der Waals surface area contributed by atoms with Gasteiger partial charge >= 0.3 is 0 Å². The second kappa shape index (κ2) is 8.55. The number of ether oxygens (including phenoxy) is 2. The molecule has 1 amide bonds. The van der Waals surface area contributed by atoms with Gasteiger partial charge in [0.25, 0.3) is 5.91 Å². The number of carbonyl (C=O) groups excluding carboxylic acids is 1. The number of nitrogens with one attached hydrogen (secondary N) is 1. The molecule has 0 aliphatic heterocycles. The van der Waals surface area contributed by atoms with Crippen LogP contribution in [0.2, 0.25) is 5.02 Å². The Morgan fingerprint density at radius 2 is 1.81 bits per heavy atom. The van der Waals surface area contributed by atoms with Crippen LogP contribution in [0.25, 0.3) is 11.4 Å². The maximum Gasteiger partial charge on any atom is 0.261 e. The van der Waals surface area contributed by atoms with Gasteiger partial charge in [-0.3, -0.25) is 4.79 Å². The van der Waals surface area contributed by atoms with Crippen molar-refractivity contribution < 1.29 is 18.8 Å². The Morgan fingerprint density at radius 1 is 1.15 bits per heavy atom. The van der Waals surface area contributed by atoms with Crippen LogP contribution >= 0.6 is 11.6 Å². The number of halogens is 1. The van der Waals surface area contributed by atoms with E-state index < -0.39 is 6.10 Å². The quantitative estimate of drug-likeness (QED) is 0.667. The van der Waals surface area contributed by atoms with E-state index in [1.54, 1.807) is 62.6 Å². The van der Waals surface area contributed by atoms with Gasteiger partial charge in [-0.15, -0.1) is 0 Å². The lowest BCUT2D eigenvalue weighted by Gasteiger charge is -2.14. The standard InChI is InChI=1S/C19H18ClN3O4/c1-12(26-16-9-7-15(25-2)8-10-16)19(24)21-11-17-22-18(23-27-17)13-3-5-14(20)6-4-13/h3-10,12H,11H2,1-2H3,(H,21,24)/t12-/m1/s1. The van der Waals surface area contributed by atoms with E-state index in [1.165, 1.54) is 0 Å². The molecule has 0 bridgehead atoms. The van der Waals surface area contributed by atoms with Crippen molar-refractivity contribution in [3.05, 3.63) is 59.4 Å². The molecule has 3 aromatic rings. The zero-order chi connectivity index (χ0) is 19.2. The molecule has 8 heteroatoms. The number of hydrogen-bond donors (Lipinski definition) is 1. The van der Waals surface area contributed by atoms with Crippen LogP contribution in [0, 0.1) is 0 Å². The van der Waals surface area contributed by atoms with Crippen molar-refractivity contribution in [3.63, 3.8) is 0 Å². The van der Waals surface area contributed by atoms with Crippen LogP contribution in [0.1, 0.15) is 12.8 Å². The van der Waals surface area contributed by atoms with E-state index in [4.69, 9.17) is 25.6 Å². The molecule has 0 aliphatic rings. The largest absolute Gasteiger partial charge is 0.497 e. The number of nitrogens with zero attached hydrogens (tertiary/aromatic N) is 2. The van der Waals surface area contributed by atoms with Crippen molar-refractivity contribution in [1.29, 1.82) is 0 Å². The van der Waals surface area contributed by atoms with Crippen molar-refractivity contribution in [1.82, 2.24) is 15.5 Å². The molecule has 0 fully saturated rings. The fraction of sp³-hybridized carbons (Fsp3) is 0.211. The van der Waals surface area contributed by atoms with E-state index in [2.05, 4.69) is 15.5 Å². The van der Waals surface area contributed by atoms with E-state index >= 15 is 0 Å². The van der Waals surface area contributed by atoms with Crippen molar-refractivity contribution in [3.8, 4) is 22.9 Å². The minimum atomic E-state index is -0.683. The van der Waals surface area contributed by atoms with E-state index in [9.17, 15) is 4.79 Å². The average molecular weight is 388 g/mol. The SMILES string of the molecule is COc1ccc(O[C@H](C)C(=O)NCc2nc(-c3ccc(Cl)cc3)no2)cc1. The summed E-state index contributed by atoms with van der Waals surface area (Å²) < 4.78 is 15.8. The van der Waals surface area contributed by atoms with Gasteiger partial charge in [0.05, 0.1) is 13.7 Å². The number of amides is 1. The summed E-state index contributed by atoms with van der Waals surface area (Å²) in [7, 11) is 1.59. The third-order valence-corrected chi connectivity index (χ3v) is 3.98. The summed E-state index contributed by atoms with van der Waals surface area (Å²) in [6.45, 7) is 1.77. The molecule has 0 radical (unpaired) electrons. The molecule has 27 heavy (non-hydrogen) atoms. The summed E-state index contributed by atoms with van der Waals surface area (Å²) >= 11 is 5.86. The fourth-order valence-corrected chi connectivity index (χ4v) is 2.39. The molecule has 0 unspecified atom stereocenters. The van der Waals surface area contributed by atoms with Crippen LogP contribution < -0.4 is 14.8 Å². The van der Waals surface area contributed by atoms with E-state index in [0.29, 0.717) is 28.2 Å². The van der Waals surface area contributed by atoms with Crippen LogP contribution in [-0.2, 0) is 11.3 Å². The van der Waals surface area contributed by atoms with Gasteiger partial charge in [0.2, 0.25) is 11.7 Å². The van der Waals surface area contributed by atoms with Crippen LogP contribution in [0.3, 0.4) is 0 Å². The summed E-state index contributed by atoms with van der Waals surface area (Å²) in [5, 5.41) is 7.23. The predicted octanol–water partition coefficient (Wildman–Crippen LogP) is 3.48. The Kier molecular flexibility index (Phi) is 5.93. The molecular weight excluding hydrogens is 370 g/mol. The van der Waals surface area contributed by atoms with E-state index in [0.717, 1.165) is 5.56 Å². The fourth-order valence-electron chi connectivity index (χ4n) is 2.26. The first-order valence-corrected chi connectivity index (χ1v) is 8.60. The second-order valence-corrected chi connectivity index (χ2v) is 6.11. The first-order chi connectivity index (χ1) is 13.0. The zero-order valence-corrected chi connectivity index (χ0v) is 15.6. The van der Waals surface area contributed by atoms with Gasteiger partial charge in [0.1, 0.15) is 11.5 Å². The van der Waals surface area contributed by atoms with E-state index in [1.807, 2.05) is 0 Å². The first kappa shape index (κ1) is 18.7. The van der Waals surface area contributed by atoms with Crippen molar-refractivity contribution in [2.75, 3.05) is 7.11 Å². The summed E-state index contributed by atoms with van der Waals surface area (Å²) in [5.41, 5.74) is 0.775. The minimum Gasteiger partial charge on any atom is -0.497 e. The molecule has 0 saturated heterocycles. The molecule has 1 heterocycles. The Morgan fingerprint density at radius 3 is 2.48 bits per heavy atom. The Hall–Kier alpha value is -3.06. The maximum atomic E-state index is 12.2. The molecule has 140 valence electrons. The highest BCUT2D eigenvalue weighted by Gasteiger charge is 2.16. The molecule has 1 aromatic heterocycles. The van der Waals surface area contributed by atoms with Gasteiger partial charge in [-0.1, -0.05) is 16.8 Å². The summed E-state index contributed by atoms with van der Waals surface area (Å²) in [6.07, 6.45) is -0.683. The molecule has 0 aliphatic carbocycles. The van der Waals surface area contributed by atoms with Gasteiger partial charge < -0.3 is 19.3 Å². The lowest BCUT2D eigenvalue weighted by Crippen LogP contribution is -2.35. The number of aromatic nitrogens is 2. The Balaban J connectivity index is 1.53. The number of benzene rings is 2. The summed E-state index contributed by atoms with van der Waals surface area (Å²) in [6, 6.07) is 14.1. The average Bonchev–Trinajstić information content (AvgIpc) is 3.16. The molecular formula is C19H18ClN3O4. The number of carbonyl (C=O) groups is 1. The summed E-state index contributed by atoms with van der Waals surface area (Å²) in [4.78, 5) is 16.4. The van der Waals surface area contributed by atoms with Gasteiger partial charge in [0.15, 0.2) is 6.10 Å². The maximum absolute atomic E-state index is 12.2. The number of rotatable bonds is 7. The summed E-state index contributed by atoms with van der Waals surface area (Å²) in [5.74, 6) is 1.72. The smallest absolute Gasteiger partial charge is 0.261 e.